The van der Waals surface area contributed by atoms with Crippen molar-refractivity contribution < 1.29 is 4.79 Å². The van der Waals surface area contributed by atoms with Crippen molar-refractivity contribution in [1.29, 1.82) is 0 Å². The van der Waals surface area contributed by atoms with Crippen molar-refractivity contribution in [2.45, 2.75) is 6.04 Å². The highest BCUT2D eigenvalue weighted by atomic mass is 32.1. The molecule has 2 atom stereocenters. The van der Waals surface area contributed by atoms with Gasteiger partial charge in [0.1, 0.15) is 5.82 Å². The first-order valence-electron chi connectivity index (χ1n) is 7.78. The molecular weight excluding hydrogens is 308 g/mol. The van der Waals surface area contributed by atoms with E-state index in [1.54, 1.807) is 0 Å². The molecule has 1 fully saturated rings. The van der Waals surface area contributed by atoms with Crippen molar-refractivity contribution in [1.82, 2.24) is 15.2 Å². The lowest BCUT2D eigenvalue weighted by molar-refractivity contribution is 0.0932. The summed E-state index contributed by atoms with van der Waals surface area (Å²) in [6, 6.07) is 9.86. The van der Waals surface area contributed by atoms with E-state index in [4.69, 9.17) is 0 Å². The molecule has 3 rings (SSSR count). The number of aromatic nitrogens is 1. The molecule has 0 spiro atoms. The molecule has 0 bridgehead atoms. The van der Waals surface area contributed by atoms with Gasteiger partial charge in [0.25, 0.3) is 5.91 Å². The topological polar surface area (TPSA) is 48.5 Å². The molecule has 0 radical (unpaired) electrons. The van der Waals surface area contributed by atoms with Gasteiger partial charge < -0.3 is 15.1 Å². The van der Waals surface area contributed by atoms with Gasteiger partial charge in [0.05, 0.1) is 10.9 Å². The van der Waals surface area contributed by atoms with E-state index in [0.717, 1.165) is 30.3 Å². The molecule has 1 saturated heterocycles. The fourth-order valence-electron chi connectivity index (χ4n) is 3.06. The molecule has 1 aliphatic rings. The van der Waals surface area contributed by atoms with Crippen LogP contribution in [0.15, 0.2) is 41.9 Å². The number of pyridine rings is 1. The quantitative estimate of drug-likeness (QED) is 0.910. The van der Waals surface area contributed by atoms with E-state index in [1.165, 1.54) is 11.3 Å². The SMILES string of the molecule is CN(C)C[C@@H]1CN(c2ccccn2)C[C@H]1NC(=O)c1cccs1. The molecule has 0 aliphatic carbocycles. The molecule has 5 nitrogen and oxygen atoms in total. The lowest BCUT2D eigenvalue weighted by Gasteiger charge is -2.22. The summed E-state index contributed by atoms with van der Waals surface area (Å²) in [5.41, 5.74) is 0. The van der Waals surface area contributed by atoms with Crippen molar-refractivity contribution in [2.75, 3.05) is 38.6 Å². The number of carbonyl (C=O) groups is 1. The van der Waals surface area contributed by atoms with Gasteiger partial charge in [-0.2, -0.15) is 0 Å². The molecule has 1 N–H and O–H groups in total. The lowest BCUT2D eigenvalue weighted by atomic mass is 10.0. The summed E-state index contributed by atoms with van der Waals surface area (Å²) in [4.78, 5) is 22.0. The zero-order valence-electron chi connectivity index (χ0n) is 13.5. The van der Waals surface area contributed by atoms with E-state index in [-0.39, 0.29) is 11.9 Å². The zero-order valence-corrected chi connectivity index (χ0v) is 14.3. The van der Waals surface area contributed by atoms with Crippen LogP contribution in [0.5, 0.6) is 0 Å². The molecule has 23 heavy (non-hydrogen) atoms. The lowest BCUT2D eigenvalue weighted by Crippen LogP contribution is -2.43. The summed E-state index contributed by atoms with van der Waals surface area (Å²) in [5, 5.41) is 5.14. The summed E-state index contributed by atoms with van der Waals surface area (Å²) >= 11 is 1.48. The van der Waals surface area contributed by atoms with Crippen LogP contribution in [0.1, 0.15) is 9.67 Å². The number of rotatable bonds is 5. The molecule has 122 valence electrons. The number of anilines is 1. The fraction of sp³-hybridized carbons (Fsp3) is 0.412. The maximum Gasteiger partial charge on any atom is 0.261 e. The highest BCUT2D eigenvalue weighted by Gasteiger charge is 2.34. The van der Waals surface area contributed by atoms with Crippen LogP contribution in [-0.2, 0) is 0 Å². The van der Waals surface area contributed by atoms with Gasteiger partial charge in [0, 0.05) is 31.7 Å². The van der Waals surface area contributed by atoms with Crippen LogP contribution in [-0.4, -0.2) is 55.6 Å². The molecule has 0 aromatic carbocycles. The number of nitrogens with zero attached hydrogens (tertiary/aromatic N) is 3. The summed E-state index contributed by atoms with van der Waals surface area (Å²) in [6.07, 6.45) is 1.81. The highest BCUT2D eigenvalue weighted by molar-refractivity contribution is 7.12. The first-order chi connectivity index (χ1) is 11.1. The second-order valence-corrected chi connectivity index (χ2v) is 7.12. The fourth-order valence-corrected chi connectivity index (χ4v) is 3.69. The highest BCUT2D eigenvalue weighted by Crippen LogP contribution is 2.23. The predicted octanol–water partition coefficient (Wildman–Crippen LogP) is 1.94. The van der Waals surface area contributed by atoms with Crippen LogP contribution >= 0.6 is 11.3 Å². The minimum Gasteiger partial charge on any atom is -0.354 e. The van der Waals surface area contributed by atoms with E-state index >= 15 is 0 Å². The third-order valence-electron chi connectivity index (χ3n) is 4.08. The van der Waals surface area contributed by atoms with E-state index in [9.17, 15) is 4.79 Å². The van der Waals surface area contributed by atoms with Crippen molar-refractivity contribution in [3.63, 3.8) is 0 Å². The van der Waals surface area contributed by atoms with Gasteiger partial charge in [0.15, 0.2) is 0 Å². The normalized spacial score (nSPS) is 20.9. The number of carbonyl (C=O) groups excluding carboxylic acids is 1. The van der Waals surface area contributed by atoms with Crippen LogP contribution in [0.25, 0.3) is 0 Å². The average Bonchev–Trinajstić information content (AvgIpc) is 3.18. The molecule has 3 heterocycles. The molecule has 2 aromatic heterocycles. The largest absolute Gasteiger partial charge is 0.354 e. The molecule has 0 unspecified atom stereocenters. The van der Waals surface area contributed by atoms with Crippen LogP contribution in [0.4, 0.5) is 5.82 Å². The molecule has 0 saturated carbocycles. The number of amides is 1. The maximum absolute atomic E-state index is 12.4. The monoisotopic (exact) mass is 330 g/mol. The van der Waals surface area contributed by atoms with Gasteiger partial charge in [-0.1, -0.05) is 12.1 Å². The van der Waals surface area contributed by atoms with E-state index in [2.05, 4.69) is 34.2 Å². The Bertz CT molecular complexity index is 629. The minimum absolute atomic E-state index is 0.0247. The third-order valence-corrected chi connectivity index (χ3v) is 4.94. The molecule has 1 amide bonds. The van der Waals surface area contributed by atoms with Crippen molar-refractivity contribution in [2.24, 2.45) is 5.92 Å². The Labute approximate surface area is 140 Å². The van der Waals surface area contributed by atoms with E-state index in [0.29, 0.717) is 5.92 Å². The van der Waals surface area contributed by atoms with Gasteiger partial charge in [-0.3, -0.25) is 4.79 Å². The van der Waals surface area contributed by atoms with Crippen LogP contribution < -0.4 is 10.2 Å². The zero-order chi connectivity index (χ0) is 16.2. The number of nitrogens with one attached hydrogen (secondary N) is 1. The number of hydrogen-bond donors (Lipinski definition) is 1. The average molecular weight is 330 g/mol. The second-order valence-electron chi connectivity index (χ2n) is 6.17. The summed E-state index contributed by atoms with van der Waals surface area (Å²) < 4.78 is 0. The molecule has 2 aromatic rings. The van der Waals surface area contributed by atoms with Crippen molar-refractivity contribution in [3.8, 4) is 0 Å². The molecule has 1 aliphatic heterocycles. The Kier molecular flexibility index (Phi) is 4.93. The van der Waals surface area contributed by atoms with Crippen molar-refractivity contribution in [3.05, 3.63) is 46.8 Å². The van der Waals surface area contributed by atoms with Crippen LogP contribution in [0.3, 0.4) is 0 Å². The van der Waals surface area contributed by atoms with E-state index in [1.807, 2.05) is 41.9 Å². The summed E-state index contributed by atoms with van der Waals surface area (Å²) in [6.45, 7) is 2.65. The molecule has 6 heteroatoms. The smallest absolute Gasteiger partial charge is 0.261 e. The van der Waals surface area contributed by atoms with E-state index < -0.39 is 0 Å². The number of hydrogen-bond acceptors (Lipinski definition) is 5. The first-order valence-corrected chi connectivity index (χ1v) is 8.66. The Morgan fingerprint density at radius 1 is 1.35 bits per heavy atom. The van der Waals surface area contributed by atoms with Gasteiger partial charge in [-0.25, -0.2) is 4.98 Å². The van der Waals surface area contributed by atoms with Crippen LogP contribution in [0, 0.1) is 5.92 Å². The summed E-state index contributed by atoms with van der Waals surface area (Å²) in [5.74, 6) is 1.39. The van der Waals surface area contributed by atoms with Gasteiger partial charge in [-0.15, -0.1) is 11.3 Å². The molecular formula is C17H22N4OS. The Balaban J connectivity index is 1.72. The Morgan fingerprint density at radius 2 is 2.22 bits per heavy atom. The van der Waals surface area contributed by atoms with Crippen LogP contribution in [0.2, 0.25) is 0 Å². The summed E-state index contributed by atoms with van der Waals surface area (Å²) in [7, 11) is 4.14. The standard InChI is InChI=1S/C17H22N4OS/c1-20(2)10-13-11-21(16-7-3-4-8-18-16)12-14(13)19-17(22)15-6-5-9-23-15/h3-9,13-14H,10-12H2,1-2H3,(H,19,22)/t13-,14-/m1/s1. The Morgan fingerprint density at radius 3 is 2.87 bits per heavy atom. The van der Waals surface area contributed by atoms with Gasteiger partial charge in [0.2, 0.25) is 0 Å². The maximum atomic E-state index is 12.4. The first kappa shape index (κ1) is 16.0. The van der Waals surface area contributed by atoms with Gasteiger partial charge in [-0.05, 0) is 37.7 Å². The second kappa shape index (κ2) is 7.10. The third kappa shape index (κ3) is 3.89. The van der Waals surface area contributed by atoms with Gasteiger partial charge >= 0.3 is 0 Å². The van der Waals surface area contributed by atoms with Crippen molar-refractivity contribution >= 4 is 23.1 Å². The minimum atomic E-state index is 0.0247. The number of thiophene rings is 1. The predicted molar refractivity (Wildman–Crippen MR) is 94.1 cm³/mol. The Hall–Kier alpha value is -1.92.